The average molecular weight is 388 g/mol. The summed E-state index contributed by atoms with van der Waals surface area (Å²) in [6, 6.07) is 10.6. The molecule has 0 unspecified atom stereocenters. The maximum atomic E-state index is 14.3. The van der Waals surface area contributed by atoms with E-state index in [0.717, 1.165) is 5.69 Å². The Hall–Kier alpha value is -2.80. The van der Waals surface area contributed by atoms with Crippen molar-refractivity contribution in [3.63, 3.8) is 0 Å². The van der Waals surface area contributed by atoms with E-state index in [2.05, 4.69) is 15.2 Å². The van der Waals surface area contributed by atoms with Gasteiger partial charge in [-0.15, -0.1) is 0 Å². The first-order chi connectivity index (χ1) is 12.8. The first-order valence-electron chi connectivity index (χ1n) is 8.29. The molecule has 0 spiro atoms. The standard InChI is InChI=1S/C19H16ClF2N5/c1-11-14(10-26(3)24-11)16-9-15(19(20,21)22)17-12(2)25-27(18(17)23-16)13-7-5-4-6-8-13/h4-10H,1-3H3. The molecule has 4 aromatic rings. The zero-order valence-corrected chi connectivity index (χ0v) is 15.7. The van der Waals surface area contributed by atoms with Crippen LogP contribution in [0.5, 0.6) is 0 Å². The second-order valence-electron chi connectivity index (χ2n) is 6.39. The third-order valence-corrected chi connectivity index (χ3v) is 4.61. The van der Waals surface area contributed by atoms with Crippen LogP contribution in [0.1, 0.15) is 17.0 Å². The lowest BCUT2D eigenvalue weighted by atomic mass is 10.1. The molecule has 138 valence electrons. The Morgan fingerprint density at radius 3 is 2.33 bits per heavy atom. The molecule has 1 aromatic carbocycles. The Balaban J connectivity index is 2.09. The maximum absolute atomic E-state index is 14.3. The van der Waals surface area contributed by atoms with Gasteiger partial charge in [-0.2, -0.15) is 19.0 Å². The second kappa shape index (κ2) is 6.13. The number of aryl methyl sites for hydroxylation is 3. The van der Waals surface area contributed by atoms with Gasteiger partial charge in [-0.1, -0.05) is 18.2 Å². The molecule has 4 rings (SSSR count). The predicted molar refractivity (Wildman–Crippen MR) is 100 cm³/mol. The normalized spacial score (nSPS) is 12.1. The summed E-state index contributed by atoms with van der Waals surface area (Å²) in [7, 11) is 1.77. The molecule has 0 saturated carbocycles. The molecule has 3 heterocycles. The fraction of sp³-hybridized carbons (Fsp3) is 0.211. The van der Waals surface area contributed by atoms with Crippen molar-refractivity contribution < 1.29 is 8.78 Å². The fourth-order valence-electron chi connectivity index (χ4n) is 3.25. The summed E-state index contributed by atoms with van der Waals surface area (Å²) in [5.74, 6) is 0. The van der Waals surface area contributed by atoms with Crippen LogP contribution in [0.4, 0.5) is 8.78 Å². The van der Waals surface area contributed by atoms with E-state index in [1.165, 1.54) is 6.07 Å². The van der Waals surface area contributed by atoms with Crippen LogP contribution in [-0.4, -0.2) is 24.5 Å². The summed E-state index contributed by atoms with van der Waals surface area (Å²) in [6.45, 7) is 3.48. The highest BCUT2D eigenvalue weighted by Crippen LogP contribution is 2.40. The van der Waals surface area contributed by atoms with Gasteiger partial charge in [-0.3, -0.25) is 4.68 Å². The van der Waals surface area contributed by atoms with Crippen molar-refractivity contribution in [2.45, 2.75) is 19.2 Å². The van der Waals surface area contributed by atoms with E-state index in [-0.39, 0.29) is 10.9 Å². The SMILES string of the molecule is Cc1nn(C)cc1-c1cc(C(F)(F)Cl)c2c(C)nn(-c3ccccc3)c2n1. The molecule has 0 aliphatic rings. The topological polar surface area (TPSA) is 48.5 Å². The minimum absolute atomic E-state index is 0.254. The molecule has 0 fully saturated rings. The van der Waals surface area contributed by atoms with Crippen molar-refractivity contribution in [1.82, 2.24) is 24.5 Å². The third-order valence-electron chi connectivity index (χ3n) is 4.41. The molecule has 8 heteroatoms. The molecule has 0 N–H and O–H groups in total. The highest BCUT2D eigenvalue weighted by Gasteiger charge is 2.34. The minimum atomic E-state index is -3.55. The van der Waals surface area contributed by atoms with E-state index in [1.54, 1.807) is 36.5 Å². The van der Waals surface area contributed by atoms with Crippen LogP contribution in [0.2, 0.25) is 0 Å². The van der Waals surface area contributed by atoms with Crippen LogP contribution in [0.25, 0.3) is 28.0 Å². The van der Waals surface area contributed by atoms with Crippen molar-refractivity contribution >= 4 is 22.6 Å². The van der Waals surface area contributed by atoms with Crippen molar-refractivity contribution in [3.8, 4) is 16.9 Å². The molecule has 0 amide bonds. The van der Waals surface area contributed by atoms with Gasteiger partial charge in [0.1, 0.15) is 0 Å². The highest BCUT2D eigenvalue weighted by molar-refractivity contribution is 6.22. The van der Waals surface area contributed by atoms with Crippen molar-refractivity contribution in [3.05, 3.63) is 59.5 Å². The lowest BCUT2D eigenvalue weighted by Gasteiger charge is -2.12. The number of alkyl halides is 3. The zero-order valence-electron chi connectivity index (χ0n) is 14.9. The van der Waals surface area contributed by atoms with Gasteiger partial charge in [-0.05, 0) is 43.6 Å². The molecule has 0 atom stereocenters. The molecule has 0 radical (unpaired) electrons. The van der Waals surface area contributed by atoms with Gasteiger partial charge < -0.3 is 0 Å². The van der Waals surface area contributed by atoms with Crippen LogP contribution in [0.15, 0.2) is 42.6 Å². The number of pyridine rings is 1. The number of rotatable bonds is 3. The number of benzene rings is 1. The number of hydrogen-bond acceptors (Lipinski definition) is 3. The number of hydrogen-bond donors (Lipinski definition) is 0. The van der Waals surface area contributed by atoms with E-state index in [4.69, 9.17) is 11.6 Å². The lowest BCUT2D eigenvalue weighted by molar-refractivity contribution is 0.0968. The largest absolute Gasteiger partial charge is 0.349 e. The maximum Gasteiger partial charge on any atom is 0.349 e. The third kappa shape index (κ3) is 2.98. The molecule has 5 nitrogen and oxygen atoms in total. The smallest absolute Gasteiger partial charge is 0.275 e. The van der Waals surface area contributed by atoms with E-state index >= 15 is 0 Å². The average Bonchev–Trinajstić information content (AvgIpc) is 3.13. The summed E-state index contributed by atoms with van der Waals surface area (Å²) in [5, 5.41) is 5.42. The van der Waals surface area contributed by atoms with Crippen molar-refractivity contribution in [1.29, 1.82) is 0 Å². The Bertz CT molecular complexity index is 1140. The summed E-state index contributed by atoms with van der Waals surface area (Å²) in [5.41, 5.74) is 2.91. The Morgan fingerprint density at radius 1 is 1.04 bits per heavy atom. The molecule has 0 bridgehead atoms. The van der Waals surface area contributed by atoms with Crippen LogP contribution < -0.4 is 0 Å². The first-order valence-corrected chi connectivity index (χ1v) is 8.67. The number of halogens is 3. The molecular formula is C19H16ClF2N5. The van der Waals surface area contributed by atoms with Crippen LogP contribution in [0, 0.1) is 13.8 Å². The molecule has 27 heavy (non-hydrogen) atoms. The molecule has 0 aliphatic carbocycles. The molecule has 0 aliphatic heterocycles. The fourth-order valence-corrected chi connectivity index (χ4v) is 3.40. The summed E-state index contributed by atoms with van der Waals surface area (Å²) in [4.78, 5) is 4.65. The van der Waals surface area contributed by atoms with Crippen LogP contribution in [-0.2, 0) is 12.4 Å². The summed E-state index contributed by atoms with van der Waals surface area (Å²) in [6.07, 6.45) is 1.75. The highest BCUT2D eigenvalue weighted by atomic mass is 35.5. The minimum Gasteiger partial charge on any atom is -0.275 e. The van der Waals surface area contributed by atoms with E-state index < -0.39 is 5.38 Å². The van der Waals surface area contributed by atoms with Gasteiger partial charge in [-0.25, -0.2) is 9.67 Å². The van der Waals surface area contributed by atoms with Crippen molar-refractivity contribution in [2.75, 3.05) is 0 Å². The van der Waals surface area contributed by atoms with Gasteiger partial charge in [0.2, 0.25) is 0 Å². The Morgan fingerprint density at radius 2 is 1.74 bits per heavy atom. The van der Waals surface area contributed by atoms with Gasteiger partial charge in [0.25, 0.3) is 0 Å². The Labute approximate surface area is 159 Å². The molecule has 3 aromatic heterocycles. The molecule has 0 saturated heterocycles. The second-order valence-corrected chi connectivity index (χ2v) is 6.86. The van der Waals surface area contributed by atoms with Gasteiger partial charge in [0.05, 0.1) is 33.7 Å². The Kier molecular flexibility index (Phi) is 3.99. The van der Waals surface area contributed by atoms with Gasteiger partial charge in [0, 0.05) is 18.8 Å². The zero-order chi connectivity index (χ0) is 19.3. The van der Waals surface area contributed by atoms with Crippen molar-refractivity contribution in [2.24, 2.45) is 7.05 Å². The first kappa shape index (κ1) is 17.6. The van der Waals surface area contributed by atoms with Crippen LogP contribution in [0.3, 0.4) is 0 Å². The van der Waals surface area contributed by atoms with Gasteiger partial charge in [0.15, 0.2) is 5.65 Å². The van der Waals surface area contributed by atoms with E-state index in [1.807, 2.05) is 30.3 Å². The lowest BCUT2D eigenvalue weighted by Crippen LogP contribution is -2.07. The quantitative estimate of drug-likeness (QED) is 0.478. The summed E-state index contributed by atoms with van der Waals surface area (Å²) >= 11 is 5.45. The monoisotopic (exact) mass is 387 g/mol. The predicted octanol–water partition coefficient (Wildman–Crippen LogP) is 4.73. The van der Waals surface area contributed by atoms with Gasteiger partial charge >= 0.3 is 5.38 Å². The summed E-state index contributed by atoms with van der Waals surface area (Å²) < 4.78 is 31.7. The number of nitrogens with zero attached hydrogens (tertiary/aromatic N) is 5. The number of aromatic nitrogens is 5. The van der Waals surface area contributed by atoms with E-state index in [0.29, 0.717) is 28.3 Å². The van der Waals surface area contributed by atoms with E-state index in [9.17, 15) is 8.78 Å². The number of fused-ring (bicyclic) bond motifs is 1. The number of para-hydroxylation sites is 1. The molecular weight excluding hydrogens is 372 g/mol. The van der Waals surface area contributed by atoms with Crippen LogP contribution >= 0.6 is 11.6 Å².